The maximum absolute atomic E-state index is 16.9. The molecule has 4 N–H and O–H groups in total. The smallest absolute Gasteiger partial charge is 0.178 e. The lowest BCUT2D eigenvalue weighted by atomic mass is 9.44. The van der Waals surface area contributed by atoms with Crippen molar-refractivity contribution in [2.75, 3.05) is 6.54 Å². The normalized spacial score (nSPS) is 50.7. The second-order valence-electron chi connectivity index (χ2n) is 9.80. The average molecular weight is 428 g/mol. The minimum atomic E-state index is -1.95. The Labute approximate surface area is 177 Å². The van der Waals surface area contributed by atoms with Crippen LogP contribution in [0.25, 0.3) is 0 Å². The molecule has 7 heteroatoms. The van der Waals surface area contributed by atoms with E-state index >= 15 is 4.39 Å². The number of Topliss-reactive ketones (excluding diaryl/α,β-unsaturated/α-hetero) is 1. The molecule has 8 atom stereocenters. The maximum atomic E-state index is 16.9. The van der Waals surface area contributed by atoms with E-state index in [-0.39, 0.29) is 43.0 Å². The number of halogens is 2. The summed E-state index contributed by atoms with van der Waals surface area (Å²) in [4.78, 5) is 24.5. The molecular formula is C22H31ClFNO4. The molecule has 0 amide bonds. The quantitative estimate of drug-likeness (QED) is 0.627. The zero-order valence-electron chi connectivity index (χ0n) is 17.2. The fourth-order valence-electron chi connectivity index (χ4n) is 7.30. The summed E-state index contributed by atoms with van der Waals surface area (Å²) in [5, 5.41) is 22.6. The van der Waals surface area contributed by atoms with E-state index in [1.165, 1.54) is 12.2 Å². The van der Waals surface area contributed by atoms with Crippen molar-refractivity contribution >= 4 is 24.0 Å². The van der Waals surface area contributed by atoms with E-state index in [1.54, 1.807) is 13.0 Å². The highest BCUT2D eigenvalue weighted by atomic mass is 35.5. The SMILES string of the molecule is C[C@H]1C[C@H]2[C@@H]3CCC4=CC(=O)C=C[C@]4(C)[C@@]3(F)[C@@H](O)C[C@]2(C)[C@@]1(O)C(=O)CN.Cl. The molecule has 0 heterocycles. The summed E-state index contributed by atoms with van der Waals surface area (Å²) in [6.07, 6.45) is 4.70. The highest BCUT2D eigenvalue weighted by Gasteiger charge is 2.75. The Kier molecular flexibility index (Phi) is 5.23. The lowest BCUT2D eigenvalue weighted by Gasteiger charge is -2.62. The Morgan fingerprint density at radius 2 is 2.00 bits per heavy atom. The van der Waals surface area contributed by atoms with Gasteiger partial charge in [0.15, 0.2) is 17.2 Å². The Hall–Kier alpha value is -1.08. The van der Waals surface area contributed by atoms with Gasteiger partial charge in [0.05, 0.1) is 12.6 Å². The molecule has 4 rings (SSSR count). The van der Waals surface area contributed by atoms with Gasteiger partial charge in [-0.25, -0.2) is 4.39 Å². The third-order valence-electron chi connectivity index (χ3n) is 8.83. The van der Waals surface area contributed by atoms with Crippen LogP contribution < -0.4 is 5.73 Å². The molecule has 0 aromatic rings. The summed E-state index contributed by atoms with van der Waals surface area (Å²) in [6.45, 7) is 5.11. The number of carbonyl (C=O) groups excluding carboxylic acids is 2. The molecule has 4 aliphatic carbocycles. The van der Waals surface area contributed by atoms with Crippen LogP contribution >= 0.6 is 12.4 Å². The van der Waals surface area contributed by atoms with E-state index in [4.69, 9.17) is 5.73 Å². The van der Waals surface area contributed by atoms with Crippen LogP contribution in [0.1, 0.15) is 46.5 Å². The third-order valence-corrected chi connectivity index (χ3v) is 8.83. The van der Waals surface area contributed by atoms with Crippen molar-refractivity contribution in [2.45, 2.75) is 63.8 Å². The molecule has 0 aromatic carbocycles. The lowest BCUT2D eigenvalue weighted by Crippen LogP contribution is -2.69. The molecule has 0 unspecified atom stereocenters. The van der Waals surface area contributed by atoms with Crippen LogP contribution in [0, 0.1) is 28.6 Å². The van der Waals surface area contributed by atoms with Crippen LogP contribution in [0.15, 0.2) is 23.8 Å². The summed E-state index contributed by atoms with van der Waals surface area (Å²) in [5.74, 6) is -1.71. The zero-order valence-corrected chi connectivity index (χ0v) is 18.0. The van der Waals surface area contributed by atoms with Crippen LogP contribution in [0.3, 0.4) is 0 Å². The van der Waals surface area contributed by atoms with E-state index in [9.17, 15) is 19.8 Å². The number of rotatable bonds is 2. The average Bonchev–Trinajstić information content (AvgIpc) is 2.84. The highest BCUT2D eigenvalue weighted by molar-refractivity contribution is 6.01. The molecular weight excluding hydrogens is 397 g/mol. The van der Waals surface area contributed by atoms with Crippen molar-refractivity contribution in [3.05, 3.63) is 23.8 Å². The van der Waals surface area contributed by atoms with Gasteiger partial charge in [0.25, 0.3) is 0 Å². The molecule has 162 valence electrons. The number of hydrogen-bond acceptors (Lipinski definition) is 5. The number of allylic oxidation sites excluding steroid dienone is 4. The van der Waals surface area contributed by atoms with E-state index in [2.05, 4.69) is 0 Å². The first-order chi connectivity index (χ1) is 13.0. The van der Waals surface area contributed by atoms with Crippen molar-refractivity contribution < 1.29 is 24.2 Å². The first kappa shape index (κ1) is 22.6. The summed E-state index contributed by atoms with van der Waals surface area (Å²) < 4.78 is 16.9. The first-order valence-electron chi connectivity index (χ1n) is 10.2. The fourth-order valence-corrected chi connectivity index (χ4v) is 7.30. The van der Waals surface area contributed by atoms with E-state index in [0.717, 1.165) is 5.57 Å². The van der Waals surface area contributed by atoms with Gasteiger partial charge in [0.1, 0.15) is 5.60 Å². The standard InChI is InChI=1S/C22H30FNO4.ClH/c1-12-8-16-15-5-4-13-9-14(25)6-7-19(13,2)21(15,23)17(26)10-20(16,3)22(12,28)18(27)11-24;/h6-7,9,12,15-17,26,28H,4-5,8,10-11,24H2,1-3H3;1H/t12-,15-,16-,17-,19-,20-,21-,22-;/m0./s1. The molecule has 0 aliphatic heterocycles. The predicted octanol–water partition coefficient (Wildman–Crippen LogP) is 2.28. The summed E-state index contributed by atoms with van der Waals surface area (Å²) >= 11 is 0. The molecule has 0 saturated heterocycles. The number of carbonyl (C=O) groups is 2. The van der Waals surface area contributed by atoms with E-state index < -0.39 is 39.9 Å². The molecule has 4 aliphatic rings. The van der Waals surface area contributed by atoms with Crippen LogP contribution in [-0.2, 0) is 9.59 Å². The molecule has 29 heavy (non-hydrogen) atoms. The van der Waals surface area contributed by atoms with Gasteiger partial charge in [0.2, 0.25) is 0 Å². The van der Waals surface area contributed by atoms with Crippen molar-refractivity contribution in [2.24, 2.45) is 34.3 Å². The first-order valence-corrected chi connectivity index (χ1v) is 10.2. The number of aliphatic hydroxyl groups excluding tert-OH is 1. The fraction of sp³-hybridized carbons (Fsp3) is 0.727. The van der Waals surface area contributed by atoms with Gasteiger partial charge in [-0.3, -0.25) is 9.59 Å². The second kappa shape index (κ2) is 6.71. The Morgan fingerprint density at radius 1 is 1.34 bits per heavy atom. The van der Waals surface area contributed by atoms with Gasteiger partial charge < -0.3 is 15.9 Å². The predicted molar refractivity (Wildman–Crippen MR) is 109 cm³/mol. The van der Waals surface area contributed by atoms with Gasteiger partial charge in [-0.05, 0) is 56.6 Å². The summed E-state index contributed by atoms with van der Waals surface area (Å²) in [6, 6.07) is 0. The van der Waals surface area contributed by atoms with Crippen LogP contribution in [0.2, 0.25) is 0 Å². The number of alkyl halides is 1. The molecule has 3 saturated carbocycles. The number of nitrogens with two attached hydrogens (primary N) is 1. The zero-order chi connectivity index (χ0) is 20.7. The van der Waals surface area contributed by atoms with E-state index in [0.29, 0.717) is 19.3 Å². The monoisotopic (exact) mass is 427 g/mol. The number of ketones is 2. The topological polar surface area (TPSA) is 101 Å². The number of fused-ring (bicyclic) bond motifs is 5. The summed E-state index contributed by atoms with van der Waals surface area (Å²) in [5.41, 5.74) is 0.711. The van der Waals surface area contributed by atoms with Gasteiger partial charge in [-0.15, -0.1) is 12.4 Å². The minimum absolute atomic E-state index is 0. The molecule has 3 fully saturated rings. The second-order valence-corrected chi connectivity index (χ2v) is 9.80. The lowest BCUT2D eigenvalue weighted by molar-refractivity contribution is -0.218. The van der Waals surface area contributed by atoms with Gasteiger partial charge in [-0.2, -0.15) is 0 Å². The van der Waals surface area contributed by atoms with Crippen LogP contribution in [0.5, 0.6) is 0 Å². The van der Waals surface area contributed by atoms with Gasteiger partial charge in [-0.1, -0.05) is 25.5 Å². The molecule has 0 aromatic heterocycles. The minimum Gasteiger partial charge on any atom is -0.390 e. The Balaban J connectivity index is 0.00000240. The van der Waals surface area contributed by atoms with Gasteiger partial charge in [0, 0.05) is 16.7 Å². The van der Waals surface area contributed by atoms with E-state index in [1.807, 2.05) is 13.8 Å². The van der Waals surface area contributed by atoms with Crippen molar-refractivity contribution in [3.8, 4) is 0 Å². The Morgan fingerprint density at radius 3 is 2.62 bits per heavy atom. The number of aliphatic hydroxyl groups is 2. The van der Waals surface area contributed by atoms with Gasteiger partial charge >= 0.3 is 0 Å². The van der Waals surface area contributed by atoms with Crippen molar-refractivity contribution in [3.63, 3.8) is 0 Å². The third kappa shape index (κ3) is 2.43. The molecule has 0 spiro atoms. The van der Waals surface area contributed by atoms with Crippen LogP contribution in [-0.4, -0.2) is 45.7 Å². The van der Waals surface area contributed by atoms with Crippen molar-refractivity contribution in [1.82, 2.24) is 0 Å². The largest absolute Gasteiger partial charge is 0.390 e. The highest BCUT2D eigenvalue weighted by Crippen LogP contribution is 2.70. The van der Waals surface area contributed by atoms with Crippen molar-refractivity contribution in [1.29, 1.82) is 0 Å². The number of hydrogen-bond donors (Lipinski definition) is 3. The Bertz CT molecular complexity index is 815. The summed E-state index contributed by atoms with van der Waals surface area (Å²) in [7, 11) is 0. The van der Waals surface area contributed by atoms with Crippen LogP contribution in [0.4, 0.5) is 4.39 Å². The molecule has 0 radical (unpaired) electrons. The molecule has 0 bridgehead atoms. The maximum Gasteiger partial charge on any atom is 0.178 e. The molecule has 5 nitrogen and oxygen atoms in total.